The van der Waals surface area contributed by atoms with Gasteiger partial charge in [-0.1, -0.05) is 0 Å². The maximum atomic E-state index is 5.46. The average Bonchev–Trinajstić information content (AvgIpc) is 2.72. The van der Waals surface area contributed by atoms with Crippen molar-refractivity contribution >= 4 is 11.3 Å². The Balaban J connectivity index is 1.88. The lowest BCUT2D eigenvalue weighted by molar-refractivity contribution is 0.0875. The first-order chi connectivity index (χ1) is 8.33. The normalized spacial score (nSPS) is 20.6. The number of nitrogens with one attached hydrogen (secondary N) is 1. The number of hydrogen-bond donors (Lipinski definition) is 1. The highest BCUT2D eigenvalue weighted by molar-refractivity contribution is 5.68. The lowest BCUT2D eigenvalue weighted by Crippen LogP contribution is -2.30. The van der Waals surface area contributed by atoms with Gasteiger partial charge in [0.25, 0.3) is 0 Å². The number of fused-ring (bicyclic) bond motifs is 1. The quantitative estimate of drug-likeness (QED) is 0.855. The fourth-order valence-corrected chi connectivity index (χ4v) is 2.20. The van der Waals surface area contributed by atoms with Crippen LogP contribution in [0, 0.1) is 6.92 Å². The number of hydrogen-bond acceptors (Lipinski definition) is 4. The second kappa shape index (κ2) is 4.33. The summed E-state index contributed by atoms with van der Waals surface area (Å²) in [6, 6.07) is 2.40. The molecule has 3 heterocycles. The van der Waals surface area contributed by atoms with Crippen molar-refractivity contribution in [3.8, 4) is 0 Å². The Kier molecular flexibility index (Phi) is 2.68. The SMILES string of the molecule is Cc1cc2c(NC3CCCOC3)nccn2n1. The Labute approximate surface area is 99.8 Å². The third kappa shape index (κ3) is 2.10. The summed E-state index contributed by atoms with van der Waals surface area (Å²) in [6.07, 6.45) is 5.88. The van der Waals surface area contributed by atoms with Crippen LogP contribution in [0.5, 0.6) is 0 Å². The van der Waals surface area contributed by atoms with E-state index in [-0.39, 0.29) is 0 Å². The van der Waals surface area contributed by atoms with Crippen LogP contribution in [0.2, 0.25) is 0 Å². The maximum absolute atomic E-state index is 5.46. The molecule has 5 nitrogen and oxygen atoms in total. The predicted octanol–water partition coefficient (Wildman–Crippen LogP) is 1.63. The van der Waals surface area contributed by atoms with E-state index in [2.05, 4.69) is 15.4 Å². The smallest absolute Gasteiger partial charge is 0.152 e. The fraction of sp³-hybridized carbons (Fsp3) is 0.500. The zero-order chi connectivity index (χ0) is 11.7. The van der Waals surface area contributed by atoms with E-state index in [1.165, 1.54) is 0 Å². The van der Waals surface area contributed by atoms with Gasteiger partial charge in [-0.2, -0.15) is 5.10 Å². The molecule has 1 aliphatic heterocycles. The predicted molar refractivity (Wildman–Crippen MR) is 65.2 cm³/mol. The number of aryl methyl sites for hydroxylation is 1. The minimum Gasteiger partial charge on any atom is -0.379 e. The molecular formula is C12H16N4O. The summed E-state index contributed by atoms with van der Waals surface area (Å²) in [5.41, 5.74) is 2.02. The van der Waals surface area contributed by atoms with Crippen molar-refractivity contribution in [1.82, 2.24) is 14.6 Å². The van der Waals surface area contributed by atoms with Crippen molar-refractivity contribution in [3.05, 3.63) is 24.2 Å². The highest BCUT2D eigenvalue weighted by Crippen LogP contribution is 2.18. The van der Waals surface area contributed by atoms with Crippen LogP contribution < -0.4 is 5.32 Å². The van der Waals surface area contributed by atoms with E-state index >= 15 is 0 Å². The van der Waals surface area contributed by atoms with Crippen LogP contribution in [0.15, 0.2) is 18.5 Å². The zero-order valence-electron chi connectivity index (χ0n) is 9.89. The van der Waals surface area contributed by atoms with Crippen molar-refractivity contribution in [2.75, 3.05) is 18.5 Å². The topological polar surface area (TPSA) is 51.5 Å². The van der Waals surface area contributed by atoms with Crippen LogP contribution in [0.3, 0.4) is 0 Å². The number of aromatic nitrogens is 3. The maximum Gasteiger partial charge on any atom is 0.152 e. The molecule has 1 fully saturated rings. The number of anilines is 1. The highest BCUT2D eigenvalue weighted by atomic mass is 16.5. The van der Waals surface area contributed by atoms with E-state index < -0.39 is 0 Å². The van der Waals surface area contributed by atoms with E-state index in [0.29, 0.717) is 6.04 Å². The third-order valence-corrected chi connectivity index (χ3v) is 3.01. The van der Waals surface area contributed by atoms with E-state index in [1.807, 2.05) is 23.7 Å². The lowest BCUT2D eigenvalue weighted by atomic mass is 10.1. The molecule has 1 atom stereocenters. The molecule has 0 radical (unpaired) electrons. The molecule has 0 aliphatic carbocycles. The Morgan fingerprint density at radius 2 is 2.47 bits per heavy atom. The van der Waals surface area contributed by atoms with Crippen LogP contribution in [0.1, 0.15) is 18.5 Å². The van der Waals surface area contributed by atoms with Gasteiger partial charge in [0, 0.05) is 19.0 Å². The second-order valence-electron chi connectivity index (χ2n) is 4.45. The van der Waals surface area contributed by atoms with E-state index in [0.717, 1.165) is 43.1 Å². The molecule has 0 amide bonds. The molecule has 0 aromatic carbocycles. The molecule has 3 rings (SSSR count). The van der Waals surface area contributed by atoms with Crippen molar-refractivity contribution in [3.63, 3.8) is 0 Å². The van der Waals surface area contributed by atoms with E-state index in [9.17, 15) is 0 Å². The van der Waals surface area contributed by atoms with Gasteiger partial charge in [0.05, 0.1) is 18.3 Å². The van der Waals surface area contributed by atoms with Crippen molar-refractivity contribution in [2.45, 2.75) is 25.8 Å². The van der Waals surface area contributed by atoms with Crippen LogP contribution in [0.25, 0.3) is 5.52 Å². The molecule has 17 heavy (non-hydrogen) atoms. The molecule has 1 unspecified atom stereocenters. The van der Waals surface area contributed by atoms with Gasteiger partial charge in [0.15, 0.2) is 5.82 Å². The first kappa shape index (κ1) is 10.5. The first-order valence-electron chi connectivity index (χ1n) is 5.98. The molecule has 1 aliphatic rings. The van der Waals surface area contributed by atoms with Gasteiger partial charge >= 0.3 is 0 Å². The van der Waals surface area contributed by atoms with Gasteiger partial charge in [0.1, 0.15) is 5.52 Å². The molecule has 90 valence electrons. The Morgan fingerprint density at radius 1 is 1.53 bits per heavy atom. The van der Waals surface area contributed by atoms with Crippen molar-refractivity contribution < 1.29 is 4.74 Å². The van der Waals surface area contributed by atoms with Gasteiger partial charge in [-0.25, -0.2) is 9.50 Å². The fourth-order valence-electron chi connectivity index (χ4n) is 2.20. The van der Waals surface area contributed by atoms with Gasteiger partial charge in [0.2, 0.25) is 0 Å². The summed E-state index contributed by atoms with van der Waals surface area (Å²) < 4.78 is 7.31. The molecule has 2 aromatic rings. The Hall–Kier alpha value is -1.62. The summed E-state index contributed by atoms with van der Waals surface area (Å²) in [5.74, 6) is 0.892. The average molecular weight is 232 g/mol. The summed E-state index contributed by atoms with van der Waals surface area (Å²) in [6.45, 7) is 3.62. The minimum absolute atomic E-state index is 0.359. The number of rotatable bonds is 2. The molecule has 2 aromatic heterocycles. The van der Waals surface area contributed by atoms with Crippen LogP contribution in [-0.4, -0.2) is 33.9 Å². The number of nitrogens with zero attached hydrogens (tertiary/aromatic N) is 3. The van der Waals surface area contributed by atoms with Crippen LogP contribution in [-0.2, 0) is 4.74 Å². The molecule has 1 N–H and O–H groups in total. The Morgan fingerprint density at radius 3 is 3.29 bits per heavy atom. The molecule has 5 heteroatoms. The summed E-state index contributed by atoms with van der Waals surface area (Å²) in [5, 5.41) is 7.81. The van der Waals surface area contributed by atoms with E-state index in [4.69, 9.17) is 4.74 Å². The summed E-state index contributed by atoms with van der Waals surface area (Å²) >= 11 is 0. The standard InChI is InChI=1S/C12H16N4O/c1-9-7-11-12(13-4-5-16(11)15-9)14-10-3-2-6-17-8-10/h4-5,7,10H,2-3,6,8H2,1H3,(H,13,14). The van der Waals surface area contributed by atoms with Gasteiger partial charge in [-0.05, 0) is 25.8 Å². The molecule has 0 saturated carbocycles. The second-order valence-corrected chi connectivity index (χ2v) is 4.45. The molecule has 1 saturated heterocycles. The van der Waals surface area contributed by atoms with Gasteiger partial charge in [-0.3, -0.25) is 0 Å². The minimum atomic E-state index is 0.359. The van der Waals surface area contributed by atoms with Gasteiger partial charge < -0.3 is 10.1 Å². The summed E-state index contributed by atoms with van der Waals surface area (Å²) in [4.78, 5) is 4.39. The monoisotopic (exact) mass is 232 g/mol. The Bertz CT molecular complexity index is 516. The largest absolute Gasteiger partial charge is 0.379 e. The lowest BCUT2D eigenvalue weighted by Gasteiger charge is -2.23. The number of ether oxygens (including phenoxy) is 1. The summed E-state index contributed by atoms with van der Waals surface area (Å²) in [7, 11) is 0. The van der Waals surface area contributed by atoms with Gasteiger partial charge in [-0.15, -0.1) is 0 Å². The van der Waals surface area contributed by atoms with Crippen molar-refractivity contribution in [2.24, 2.45) is 0 Å². The molecule has 0 bridgehead atoms. The first-order valence-corrected chi connectivity index (χ1v) is 5.98. The molecule has 0 spiro atoms. The molecular weight excluding hydrogens is 216 g/mol. The highest BCUT2D eigenvalue weighted by Gasteiger charge is 2.15. The van der Waals surface area contributed by atoms with Crippen LogP contribution >= 0.6 is 0 Å². The zero-order valence-corrected chi connectivity index (χ0v) is 9.89. The van der Waals surface area contributed by atoms with Crippen LogP contribution in [0.4, 0.5) is 5.82 Å². The van der Waals surface area contributed by atoms with Crippen molar-refractivity contribution in [1.29, 1.82) is 0 Å². The third-order valence-electron chi connectivity index (χ3n) is 3.01. The van der Waals surface area contributed by atoms with E-state index in [1.54, 1.807) is 6.20 Å².